The van der Waals surface area contributed by atoms with Crippen molar-refractivity contribution in [2.24, 2.45) is 0 Å². The first-order valence-electron chi connectivity index (χ1n) is 3.81. The first-order valence-corrected chi connectivity index (χ1v) is 3.81. The average molecular weight is 192 g/mol. The molecule has 5 heteroatoms. The number of rotatable bonds is 3. The van der Waals surface area contributed by atoms with Gasteiger partial charge >= 0.3 is 11.9 Å². The molecule has 0 aliphatic heterocycles. The minimum Gasteiger partial charge on any atom is -0.479 e. The van der Waals surface area contributed by atoms with Crippen LogP contribution in [0.5, 0.6) is 0 Å². The Kier molecular flexibility index (Phi) is 3.84. The van der Waals surface area contributed by atoms with Gasteiger partial charge in [0, 0.05) is 0 Å². The third-order valence-corrected chi connectivity index (χ3v) is 1.03. The fourth-order valence-electron chi connectivity index (χ4n) is 0.617. The summed E-state index contributed by atoms with van der Waals surface area (Å²) in [6.07, 6.45) is -2.93. The number of hydrogen-bond acceptors (Lipinski definition) is 3. The van der Waals surface area contributed by atoms with Crippen molar-refractivity contribution in [1.29, 1.82) is 0 Å². The zero-order valence-corrected chi connectivity index (χ0v) is 7.83. The van der Waals surface area contributed by atoms with E-state index in [1.165, 1.54) is 0 Å². The quantitative estimate of drug-likeness (QED) is 0.681. The molecule has 0 spiro atoms. The van der Waals surface area contributed by atoms with Crippen LogP contribution in [0.2, 0.25) is 0 Å². The van der Waals surface area contributed by atoms with E-state index < -0.39 is 30.1 Å². The predicted octanol–water partition coefficient (Wildman–Crippen LogP) is 1.14. The monoisotopic (exact) mass is 192 g/mol. The van der Waals surface area contributed by atoms with E-state index >= 15 is 0 Å². The minimum atomic E-state index is -2.19. The Morgan fingerprint density at radius 3 is 2.23 bits per heavy atom. The summed E-state index contributed by atoms with van der Waals surface area (Å²) in [5.41, 5.74) is -0.713. The van der Waals surface area contributed by atoms with Gasteiger partial charge in [0.05, 0.1) is 6.42 Å². The average Bonchev–Trinajstić information content (AvgIpc) is 1.81. The fourth-order valence-corrected chi connectivity index (χ4v) is 0.617. The second-order valence-corrected chi connectivity index (χ2v) is 3.60. The van der Waals surface area contributed by atoms with Crippen LogP contribution < -0.4 is 0 Å². The summed E-state index contributed by atoms with van der Waals surface area (Å²) in [5.74, 6) is -2.49. The van der Waals surface area contributed by atoms with E-state index in [0.29, 0.717) is 0 Å². The van der Waals surface area contributed by atoms with E-state index in [9.17, 15) is 14.0 Å². The Morgan fingerprint density at radius 1 is 1.46 bits per heavy atom. The fraction of sp³-hybridized carbons (Fsp3) is 0.750. The number of alkyl halides is 1. The Hall–Kier alpha value is -1.13. The van der Waals surface area contributed by atoms with Gasteiger partial charge in [-0.25, -0.2) is 9.18 Å². The molecule has 0 aromatic carbocycles. The number of esters is 1. The van der Waals surface area contributed by atoms with Crippen molar-refractivity contribution in [2.75, 3.05) is 0 Å². The zero-order chi connectivity index (χ0) is 10.6. The summed E-state index contributed by atoms with van der Waals surface area (Å²) < 4.78 is 17.2. The smallest absolute Gasteiger partial charge is 0.338 e. The highest BCUT2D eigenvalue weighted by Crippen LogP contribution is 2.10. The SMILES string of the molecule is CC(C)(C)OC(=O)CC(F)C(=O)O. The molecule has 76 valence electrons. The molecular weight excluding hydrogens is 179 g/mol. The maximum Gasteiger partial charge on any atom is 0.338 e. The Bertz CT molecular complexity index is 207. The Balaban J connectivity index is 3.96. The predicted molar refractivity (Wildman–Crippen MR) is 43.0 cm³/mol. The summed E-state index contributed by atoms with van der Waals surface area (Å²) in [7, 11) is 0. The van der Waals surface area contributed by atoms with Crippen LogP contribution in [0.1, 0.15) is 27.2 Å². The summed E-state index contributed by atoms with van der Waals surface area (Å²) >= 11 is 0. The number of carboxylic acid groups (broad SMARTS) is 1. The molecule has 0 aliphatic carbocycles. The third-order valence-electron chi connectivity index (χ3n) is 1.03. The highest BCUT2D eigenvalue weighted by Gasteiger charge is 2.24. The van der Waals surface area contributed by atoms with Crippen molar-refractivity contribution < 1.29 is 23.8 Å². The molecule has 0 aromatic rings. The van der Waals surface area contributed by atoms with Gasteiger partial charge in [-0.3, -0.25) is 4.79 Å². The van der Waals surface area contributed by atoms with Gasteiger partial charge in [0.2, 0.25) is 6.17 Å². The lowest BCUT2D eigenvalue weighted by Crippen LogP contribution is -2.27. The number of carbonyl (C=O) groups excluding carboxylic acids is 1. The molecule has 1 N–H and O–H groups in total. The van der Waals surface area contributed by atoms with Crippen molar-refractivity contribution in [1.82, 2.24) is 0 Å². The standard InChI is InChI=1S/C8H13FO4/c1-8(2,3)13-6(10)4-5(9)7(11)12/h5H,4H2,1-3H3,(H,11,12). The number of ether oxygens (including phenoxy) is 1. The van der Waals surface area contributed by atoms with Crippen LogP contribution >= 0.6 is 0 Å². The second kappa shape index (κ2) is 4.20. The van der Waals surface area contributed by atoms with Crippen molar-refractivity contribution in [3.63, 3.8) is 0 Å². The minimum absolute atomic E-state index is 0.713. The molecule has 0 saturated carbocycles. The van der Waals surface area contributed by atoms with E-state index in [-0.39, 0.29) is 0 Å². The molecule has 1 atom stereocenters. The number of aliphatic carboxylic acids is 1. The van der Waals surface area contributed by atoms with Gasteiger partial charge in [-0.05, 0) is 20.8 Å². The topological polar surface area (TPSA) is 63.6 Å². The van der Waals surface area contributed by atoms with Crippen LogP contribution in [-0.4, -0.2) is 28.8 Å². The molecule has 0 aromatic heterocycles. The van der Waals surface area contributed by atoms with Gasteiger partial charge in [-0.15, -0.1) is 0 Å². The largest absolute Gasteiger partial charge is 0.479 e. The molecule has 0 amide bonds. The van der Waals surface area contributed by atoms with Gasteiger partial charge in [-0.1, -0.05) is 0 Å². The zero-order valence-electron chi connectivity index (χ0n) is 7.83. The van der Waals surface area contributed by atoms with Gasteiger partial charge in [0.15, 0.2) is 0 Å². The third kappa shape index (κ3) is 6.07. The first-order chi connectivity index (χ1) is 5.72. The molecule has 0 heterocycles. The lowest BCUT2D eigenvalue weighted by molar-refractivity contribution is -0.160. The summed E-state index contributed by atoms with van der Waals surface area (Å²) in [5, 5.41) is 8.15. The molecule has 1 unspecified atom stereocenters. The second-order valence-electron chi connectivity index (χ2n) is 3.60. The van der Waals surface area contributed by atoms with Gasteiger partial charge in [-0.2, -0.15) is 0 Å². The highest BCUT2D eigenvalue weighted by atomic mass is 19.1. The Labute approximate surface area is 75.7 Å². The lowest BCUT2D eigenvalue weighted by Gasteiger charge is -2.19. The Morgan fingerprint density at radius 2 is 1.92 bits per heavy atom. The van der Waals surface area contributed by atoms with Crippen LogP contribution in [0.15, 0.2) is 0 Å². The number of carboxylic acids is 1. The normalized spacial score (nSPS) is 13.5. The van der Waals surface area contributed by atoms with Crippen molar-refractivity contribution in [2.45, 2.75) is 39.0 Å². The van der Waals surface area contributed by atoms with Gasteiger partial charge in [0.25, 0.3) is 0 Å². The van der Waals surface area contributed by atoms with E-state index in [1.807, 2.05) is 0 Å². The highest BCUT2D eigenvalue weighted by molar-refractivity contribution is 5.80. The van der Waals surface area contributed by atoms with Crippen molar-refractivity contribution >= 4 is 11.9 Å². The molecule has 0 aliphatic rings. The van der Waals surface area contributed by atoms with Crippen molar-refractivity contribution in [3.8, 4) is 0 Å². The molecule has 0 radical (unpaired) electrons. The first kappa shape index (κ1) is 11.9. The summed E-state index contributed by atoms with van der Waals surface area (Å²) in [6.45, 7) is 4.87. The van der Waals surface area contributed by atoms with Crippen molar-refractivity contribution in [3.05, 3.63) is 0 Å². The maximum atomic E-state index is 12.5. The van der Waals surface area contributed by atoms with E-state index in [2.05, 4.69) is 0 Å². The summed E-state index contributed by atoms with van der Waals surface area (Å²) in [4.78, 5) is 20.9. The molecule has 0 bridgehead atoms. The number of hydrogen-bond donors (Lipinski definition) is 1. The van der Waals surface area contributed by atoms with Crippen LogP contribution in [0, 0.1) is 0 Å². The van der Waals surface area contributed by atoms with Gasteiger partial charge < -0.3 is 9.84 Å². The molecule has 0 rings (SSSR count). The molecular formula is C8H13FO4. The summed E-state index contributed by atoms with van der Waals surface area (Å²) in [6, 6.07) is 0. The lowest BCUT2D eigenvalue weighted by atomic mass is 10.2. The van der Waals surface area contributed by atoms with E-state index in [4.69, 9.17) is 9.84 Å². The maximum absolute atomic E-state index is 12.5. The molecule has 13 heavy (non-hydrogen) atoms. The van der Waals surface area contributed by atoms with Crippen LogP contribution in [0.25, 0.3) is 0 Å². The van der Waals surface area contributed by atoms with Crippen LogP contribution in [0.3, 0.4) is 0 Å². The number of carbonyl (C=O) groups is 2. The van der Waals surface area contributed by atoms with E-state index in [0.717, 1.165) is 0 Å². The molecule has 0 saturated heterocycles. The van der Waals surface area contributed by atoms with E-state index in [1.54, 1.807) is 20.8 Å². The van der Waals surface area contributed by atoms with Gasteiger partial charge in [0.1, 0.15) is 5.60 Å². The van der Waals surface area contributed by atoms with Crippen LogP contribution in [0.4, 0.5) is 4.39 Å². The van der Waals surface area contributed by atoms with Crippen LogP contribution in [-0.2, 0) is 14.3 Å². The molecule has 0 fully saturated rings. The number of halogens is 1. The molecule has 4 nitrogen and oxygen atoms in total.